The number of anilines is 1. The molecule has 0 atom stereocenters. The van der Waals surface area contributed by atoms with Gasteiger partial charge in [0.05, 0.1) is 4.90 Å². The Morgan fingerprint density at radius 3 is 1.77 bits per heavy atom. The average Bonchev–Trinajstić information content (AvgIpc) is 2.42. The van der Waals surface area contributed by atoms with Crippen LogP contribution in [0.4, 0.5) is 5.69 Å². The van der Waals surface area contributed by atoms with Gasteiger partial charge in [-0.3, -0.25) is 4.72 Å². The third-order valence-electron chi connectivity index (χ3n) is 4.47. The standard InChI is InChI=1S/C18H23NO2S/c1-11-8-7-9-17(10-11)19-22(20,21)18-15(5)13(3)12(2)14(4)16(18)6/h7-10,19H,1-6H3. The second-order valence-electron chi connectivity index (χ2n) is 5.93. The van der Waals surface area contributed by atoms with Gasteiger partial charge in [0.25, 0.3) is 10.0 Å². The molecular weight excluding hydrogens is 294 g/mol. The predicted molar refractivity (Wildman–Crippen MR) is 92.1 cm³/mol. The number of sulfonamides is 1. The summed E-state index contributed by atoms with van der Waals surface area (Å²) in [7, 11) is -3.60. The minimum absolute atomic E-state index is 0.398. The van der Waals surface area contributed by atoms with Gasteiger partial charge in [-0.05, 0) is 87.1 Å². The molecule has 0 aliphatic heterocycles. The summed E-state index contributed by atoms with van der Waals surface area (Å²) >= 11 is 0. The lowest BCUT2D eigenvalue weighted by Crippen LogP contribution is -2.17. The summed E-state index contributed by atoms with van der Waals surface area (Å²) in [6.07, 6.45) is 0. The third kappa shape index (κ3) is 2.88. The predicted octanol–water partition coefficient (Wildman–Crippen LogP) is 4.34. The van der Waals surface area contributed by atoms with Gasteiger partial charge in [-0.2, -0.15) is 0 Å². The van der Waals surface area contributed by atoms with Crippen molar-refractivity contribution in [3.8, 4) is 0 Å². The first-order chi connectivity index (χ1) is 10.1. The molecule has 0 unspecified atom stereocenters. The van der Waals surface area contributed by atoms with Crippen LogP contribution in [0.15, 0.2) is 29.2 Å². The average molecular weight is 317 g/mol. The van der Waals surface area contributed by atoms with Gasteiger partial charge in [-0.1, -0.05) is 12.1 Å². The molecule has 0 radical (unpaired) electrons. The molecule has 0 amide bonds. The Labute approximate surface area is 133 Å². The molecule has 0 bridgehead atoms. The van der Waals surface area contributed by atoms with E-state index in [1.165, 1.54) is 0 Å². The van der Waals surface area contributed by atoms with Crippen LogP contribution in [-0.2, 0) is 10.0 Å². The fraction of sp³-hybridized carbons (Fsp3) is 0.333. The first-order valence-corrected chi connectivity index (χ1v) is 8.80. The molecule has 1 N–H and O–H groups in total. The quantitative estimate of drug-likeness (QED) is 0.915. The van der Waals surface area contributed by atoms with E-state index in [0.717, 1.165) is 33.4 Å². The number of aryl methyl sites for hydroxylation is 1. The van der Waals surface area contributed by atoms with Crippen molar-refractivity contribution in [2.75, 3.05) is 4.72 Å². The molecule has 3 nitrogen and oxygen atoms in total. The Hall–Kier alpha value is -1.81. The summed E-state index contributed by atoms with van der Waals surface area (Å²) in [5, 5.41) is 0. The molecule has 0 aromatic heterocycles. The summed E-state index contributed by atoms with van der Waals surface area (Å²) in [4.78, 5) is 0.398. The van der Waals surface area contributed by atoms with E-state index < -0.39 is 10.0 Å². The monoisotopic (exact) mass is 317 g/mol. The van der Waals surface area contributed by atoms with E-state index in [0.29, 0.717) is 10.6 Å². The SMILES string of the molecule is Cc1cccc(NS(=O)(=O)c2c(C)c(C)c(C)c(C)c2C)c1. The van der Waals surface area contributed by atoms with Crippen LogP contribution >= 0.6 is 0 Å². The minimum atomic E-state index is -3.60. The van der Waals surface area contributed by atoms with E-state index in [1.54, 1.807) is 6.07 Å². The van der Waals surface area contributed by atoms with E-state index in [4.69, 9.17) is 0 Å². The highest BCUT2D eigenvalue weighted by Gasteiger charge is 2.23. The molecule has 2 aromatic carbocycles. The maximum atomic E-state index is 12.9. The highest BCUT2D eigenvalue weighted by molar-refractivity contribution is 7.92. The molecule has 0 heterocycles. The molecule has 0 fully saturated rings. The Morgan fingerprint density at radius 1 is 0.773 bits per heavy atom. The van der Waals surface area contributed by atoms with E-state index in [2.05, 4.69) is 4.72 Å². The Balaban J connectivity index is 2.60. The fourth-order valence-electron chi connectivity index (χ4n) is 2.78. The maximum Gasteiger partial charge on any atom is 0.262 e. The molecule has 0 aliphatic rings. The van der Waals surface area contributed by atoms with Crippen LogP contribution in [0.1, 0.15) is 33.4 Å². The molecule has 4 heteroatoms. The van der Waals surface area contributed by atoms with Gasteiger partial charge >= 0.3 is 0 Å². The number of hydrogen-bond donors (Lipinski definition) is 1. The first-order valence-electron chi connectivity index (χ1n) is 7.31. The smallest absolute Gasteiger partial charge is 0.262 e. The lowest BCUT2D eigenvalue weighted by molar-refractivity contribution is 0.599. The number of benzene rings is 2. The molecule has 0 saturated carbocycles. The number of nitrogens with one attached hydrogen (secondary N) is 1. The Bertz CT molecular complexity index is 807. The normalized spacial score (nSPS) is 11.5. The molecule has 22 heavy (non-hydrogen) atoms. The van der Waals surface area contributed by atoms with Gasteiger partial charge in [0.1, 0.15) is 0 Å². The van der Waals surface area contributed by atoms with E-state index in [1.807, 2.05) is 59.7 Å². The zero-order valence-corrected chi connectivity index (χ0v) is 14.9. The molecular formula is C18H23NO2S. The Kier molecular flexibility index (Phi) is 4.34. The van der Waals surface area contributed by atoms with Crippen LogP contribution in [-0.4, -0.2) is 8.42 Å². The van der Waals surface area contributed by atoms with Crippen molar-refractivity contribution in [3.63, 3.8) is 0 Å². The van der Waals surface area contributed by atoms with Gasteiger partial charge < -0.3 is 0 Å². The highest BCUT2D eigenvalue weighted by atomic mass is 32.2. The van der Waals surface area contributed by atoms with Crippen LogP contribution in [0, 0.1) is 41.5 Å². The van der Waals surface area contributed by atoms with Crippen LogP contribution in [0.2, 0.25) is 0 Å². The first kappa shape index (κ1) is 16.6. The largest absolute Gasteiger partial charge is 0.280 e. The van der Waals surface area contributed by atoms with Crippen molar-refractivity contribution in [1.82, 2.24) is 0 Å². The van der Waals surface area contributed by atoms with Gasteiger partial charge in [-0.25, -0.2) is 8.42 Å². The molecule has 0 saturated heterocycles. The molecule has 118 valence electrons. The summed E-state index contributed by atoms with van der Waals surface area (Å²) in [5.74, 6) is 0. The Morgan fingerprint density at radius 2 is 1.27 bits per heavy atom. The van der Waals surface area contributed by atoms with Crippen molar-refractivity contribution in [2.45, 2.75) is 46.4 Å². The summed E-state index contributed by atoms with van der Waals surface area (Å²) in [6.45, 7) is 11.7. The van der Waals surface area contributed by atoms with Gasteiger partial charge in [-0.15, -0.1) is 0 Å². The zero-order chi connectivity index (χ0) is 16.7. The lowest BCUT2D eigenvalue weighted by atomic mass is 9.95. The summed E-state index contributed by atoms with van der Waals surface area (Å²) in [5.41, 5.74) is 6.48. The topological polar surface area (TPSA) is 46.2 Å². The molecule has 2 aromatic rings. The third-order valence-corrected chi connectivity index (χ3v) is 6.12. The minimum Gasteiger partial charge on any atom is -0.280 e. The van der Waals surface area contributed by atoms with Crippen molar-refractivity contribution >= 4 is 15.7 Å². The van der Waals surface area contributed by atoms with Crippen LogP contribution < -0.4 is 4.72 Å². The number of rotatable bonds is 3. The summed E-state index contributed by atoms with van der Waals surface area (Å²) < 4.78 is 28.4. The zero-order valence-electron chi connectivity index (χ0n) is 14.0. The molecule has 2 rings (SSSR count). The van der Waals surface area contributed by atoms with E-state index >= 15 is 0 Å². The van der Waals surface area contributed by atoms with Crippen molar-refractivity contribution < 1.29 is 8.42 Å². The lowest BCUT2D eigenvalue weighted by Gasteiger charge is -2.19. The van der Waals surface area contributed by atoms with Crippen molar-refractivity contribution in [3.05, 3.63) is 57.6 Å². The second-order valence-corrected chi connectivity index (χ2v) is 7.55. The highest BCUT2D eigenvalue weighted by Crippen LogP contribution is 2.30. The van der Waals surface area contributed by atoms with Crippen molar-refractivity contribution in [1.29, 1.82) is 0 Å². The van der Waals surface area contributed by atoms with E-state index in [9.17, 15) is 8.42 Å². The van der Waals surface area contributed by atoms with Crippen LogP contribution in [0.25, 0.3) is 0 Å². The summed E-state index contributed by atoms with van der Waals surface area (Å²) in [6, 6.07) is 7.38. The molecule has 0 aliphatic carbocycles. The number of hydrogen-bond acceptors (Lipinski definition) is 2. The van der Waals surface area contributed by atoms with Gasteiger partial charge in [0, 0.05) is 5.69 Å². The van der Waals surface area contributed by atoms with Crippen LogP contribution in [0.5, 0.6) is 0 Å². The fourth-order valence-corrected chi connectivity index (χ4v) is 4.44. The van der Waals surface area contributed by atoms with Gasteiger partial charge in [0.2, 0.25) is 0 Å². The van der Waals surface area contributed by atoms with Gasteiger partial charge in [0.15, 0.2) is 0 Å². The van der Waals surface area contributed by atoms with Crippen LogP contribution in [0.3, 0.4) is 0 Å². The van der Waals surface area contributed by atoms with E-state index in [-0.39, 0.29) is 0 Å². The molecule has 0 spiro atoms. The maximum absolute atomic E-state index is 12.9. The van der Waals surface area contributed by atoms with Crippen molar-refractivity contribution in [2.24, 2.45) is 0 Å². The second kappa shape index (κ2) is 5.76.